The van der Waals surface area contributed by atoms with Crippen molar-refractivity contribution in [3.63, 3.8) is 0 Å². The molecule has 0 saturated carbocycles. The van der Waals surface area contributed by atoms with E-state index in [1.165, 1.54) is 49.4 Å². The van der Waals surface area contributed by atoms with Gasteiger partial charge in [-0.3, -0.25) is 24.5 Å². The summed E-state index contributed by atoms with van der Waals surface area (Å²) in [5, 5.41) is 24.2. The summed E-state index contributed by atoms with van der Waals surface area (Å²) in [5.41, 5.74) is -0.0359. The normalized spacial score (nSPS) is 12.1. The average Bonchev–Trinajstić information content (AvgIpc) is 3.07. The summed E-state index contributed by atoms with van der Waals surface area (Å²) in [6.07, 6.45) is 1.25. The summed E-state index contributed by atoms with van der Waals surface area (Å²) in [6.45, 7) is 1.26. The number of furan rings is 1. The molecule has 28 heavy (non-hydrogen) atoms. The summed E-state index contributed by atoms with van der Waals surface area (Å²) >= 11 is 3.06. The maximum atomic E-state index is 12.4. The maximum absolute atomic E-state index is 12.4. The van der Waals surface area contributed by atoms with E-state index in [0.717, 1.165) is 0 Å². The standard InChI is InChI=1S/C17H14BrN3O7/c1-9(17(24)25)19-15(22)12(20-16(23)13-6-7-14(18)28-13)8-10-2-4-11(5-3-10)21(26)27/h2-9H,1H3,(H,19,22)(H,20,23)(H,24,25)/b12-8+. The lowest BCUT2D eigenvalue weighted by Crippen LogP contribution is -2.42. The van der Waals surface area contributed by atoms with Gasteiger partial charge in [-0.1, -0.05) is 0 Å². The fourth-order valence-corrected chi connectivity index (χ4v) is 2.28. The first-order valence-corrected chi connectivity index (χ1v) is 8.53. The second-order valence-electron chi connectivity index (χ2n) is 5.50. The minimum absolute atomic E-state index is 0.0828. The van der Waals surface area contributed by atoms with Crippen LogP contribution in [0.25, 0.3) is 6.08 Å². The van der Waals surface area contributed by atoms with Crippen LogP contribution in [0.3, 0.4) is 0 Å². The van der Waals surface area contributed by atoms with E-state index < -0.39 is 28.7 Å². The number of nitrogens with one attached hydrogen (secondary N) is 2. The fraction of sp³-hybridized carbons (Fsp3) is 0.118. The number of carbonyl (C=O) groups excluding carboxylic acids is 2. The van der Waals surface area contributed by atoms with Gasteiger partial charge in [-0.15, -0.1) is 0 Å². The number of nitro benzene ring substituents is 1. The van der Waals surface area contributed by atoms with Gasteiger partial charge in [0, 0.05) is 12.1 Å². The van der Waals surface area contributed by atoms with Gasteiger partial charge in [-0.2, -0.15) is 0 Å². The van der Waals surface area contributed by atoms with Crippen LogP contribution in [-0.4, -0.2) is 33.9 Å². The van der Waals surface area contributed by atoms with E-state index in [4.69, 9.17) is 9.52 Å². The number of benzene rings is 1. The van der Waals surface area contributed by atoms with Crippen molar-refractivity contribution in [2.75, 3.05) is 0 Å². The minimum Gasteiger partial charge on any atom is -0.480 e. The van der Waals surface area contributed by atoms with Gasteiger partial charge in [0.25, 0.3) is 17.5 Å². The van der Waals surface area contributed by atoms with Crippen LogP contribution < -0.4 is 10.6 Å². The number of nitro groups is 1. The van der Waals surface area contributed by atoms with Crippen LogP contribution in [0.5, 0.6) is 0 Å². The van der Waals surface area contributed by atoms with Gasteiger partial charge >= 0.3 is 5.97 Å². The molecule has 0 aliphatic heterocycles. The Morgan fingerprint density at radius 2 is 1.86 bits per heavy atom. The highest BCUT2D eigenvalue weighted by molar-refractivity contribution is 9.10. The number of carboxylic acids is 1. The van der Waals surface area contributed by atoms with E-state index in [2.05, 4.69) is 26.6 Å². The molecule has 1 aromatic heterocycles. The zero-order chi connectivity index (χ0) is 20.8. The Hall–Kier alpha value is -3.47. The first kappa shape index (κ1) is 20.8. The average molecular weight is 452 g/mol. The van der Waals surface area contributed by atoms with E-state index in [-0.39, 0.29) is 17.1 Å². The van der Waals surface area contributed by atoms with Crippen LogP contribution in [-0.2, 0) is 9.59 Å². The molecule has 1 atom stereocenters. The molecule has 1 heterocycles. The second-order valence-corrected chi connectivity index (χ2v) is 6.28. The Labute approximate surface area is 166 Å². The third-order valence-electron chi connectivity index (χ3n) is 3.42. The van der Waals surface area contributed by atoms with Crippen molar-refractivity contribution in [1.29, 1.82) is 0 Å². The molecule has 0 saturated heterocycles. The molecule has 0 fully saturated rings. The number of carboxylic acid groups (broad SMARTS) is 1. The zero-order valence-corrected chi connectivity index (χ0v) is 15.9. The molecule has 0 aliphatic rings. The SMILES string of the molecule is CC(NC(=O)/C(=C\c1ccc([N+](=O)[O-])cc1)NC(=O)c1ccc(Br)o1)C(=O)O. The topological polar surface area (TPSA) is 152 Å². The molecule has 2 aromatic rings. The smallest absolute Gasteiger partial charge is 0.325 e. The number of halogens is 1. The van der Waals surface area contributed by atoms with Crippen molar-refractivity contribution in [2.45, 2.75) is 13.0 Å². The predicted molar refractivity (Wildman–Crippen MR) is 100 cm³/mol. The van der Waals surface area contributed by atoms with Gasteiger partial charge in [0.05, 0.1) is 4.92 Å². The van der Waals surface area contributed by atoms with Crippen molar-refractivity contribution in [2.24, 2.45) is 0 Å². The predicted octanol–water partition coefficient (Wildman–Crippen LogP) is 2.31. The highest BCUT2D eigenvalue weighted by Gasteiger charge is 2.21. The molecule has 10 nitrogen and oxygen atoms in total. The van der Waals surface area contributed by atoms with Crippen LogP contribution in [0.2, 0.25) is 0 Å². The lowest BCUT2D eigenvalue weighted by molar-refractivity contribution is -0.384. The van der Waals surface area contributed by atoms with Gasteiger partial charge < -0.3 is 20.2 Å². The Bertz CT molecular complexity index is 950. The zero-order valence-electron chi connectivity index (χ0n) is 14.3. The third kappa shape index (κ3) is 5.51. The Balaban J connectivity index is 2.31. The monoisotopic (exact) mass is 451 g/mol. The molecule has 1 aromatic carbocycles. The van der Waals surface area contributed by atoms with Gasteiger partial charge in [0.15, 0.2) is 10.4 Å². The molecular formula is C17H14BrN3O7. The number of non-ortho nitro benzene ring substituents is 1. The van der Waals surface area contributed by atoms with Gasteiger partial charge in [0.1, 0.15) is 11.7 Å². The number of hydrogen-bond acceptors (Lipinski definition) is 6. The number of carbonyl (C=O) groups is 3. The molecule has 0 bridgehead atoms. The van der Waals surface area contributed by atoms with Gasteiger partial charge in [0.2, 0.25) is 0 Å². The number of aliphatic carboxylic acids is 1. The summed E-state index contributed by atoms with van der Waals surface area (Å²) < 4.78 is 5.42. The van der Waals surface area contributed by atoms with Crippen molar-refractivity contribution in [3.05, 3.63) is 68.2 Å². The summed E-state index contributed by atoms with van der Waals surface area (Å²) in [5.74, 6) is -2.94. The van der Waals surface area contributed by atoms with E-state index in [1.807, 2.05) is 0 Å². The molecule has 0 aliphatic carbocycles. The van der Waals surface area contributed by atoms with Gasteiger partial charge in [-0.05, 0) is 58.8 Å². The van der Waals surface area contributed by atoms with Crippen molar-refractivity contribution < 1.29 is 28.8 Å². The maximum Gasteiger partial charge on any atom is 0.325 e. The van der Waals surface area contributed by atoms with E-state index >= 15 is 0 Å². The molecule has 1 unspecified atom stereocenters. The first-order valence-electron chi connectivity index (χ1n) is 7.74. The molecule has 146 valence electrons. The molecule has 2 rings (SSSR count). The van der Waals surface area contributed by atoms with Crippen LogP contribution in [0.15, 0.2) is 51.2 Å². The quantitative estimate of drug-likeness (QED) is 0.331. The molecule has 0 spiro atoms. The number of nitrogens with zero attached hydrogens (tertiary/aromatic N) is 1. The van der Waals surface area contributed by atoms with Crippen molar-refractivity contribution in [3.8, 4) is 0 Å². The minimum atomic E-state index is -1.26. The van der Waals surface area contributed by atoms with E-state index in [0.29, 0.717) is 10.2 Å². The summed E-state index contributed by atoms with van der Waals surface area (Å²) in [4.78, 5) is 45.8. The highest BCUT2D eigenvalue weighted by Crippen LogP contribution is 2.16. The van der Waals surface area contributed by atoms with E-state index in [1.54, 1.807) is 0 Å². The first-order chi connectivity index (χ1) is 13.2. The molecule has 3 N–H and O–H groups in total. The largest absolute Gasteiger partial charge is 0.480 e. The number of rotatable bonds is 7. The van der Waals surface area contributed by atoms with Crippen molar-refractivity contribution in [1.82, 2.24) is 10.6 Å². The van der Waals surface area contributed by atoms with Crippen LogP contribution in [0.4, 0.5) is 5.69 Å². The summed E-state index contributed by atoms with van der Waals surface area (Å²) in [7, 11) is 0. The lowest BCUT2D eigenvalue weighted by atomic mass is 10.1. The Morgan fingerprint density at radius 3 is 2.36 bits per heavy atom. The molecule has 11 heteroatoms. The van der Waals surface area contributed by atoms with Gasteiger partial charge in [-0.25, -0.2) is 0 Å². The number of amides is 2. The molecule has 2 amide bonds. The highest BCUT2D eigenvalue weighted by atomic mass is 79.9. The number of hydrogen-bond donors (Lipinski definition) is 3. The van der Waals surface area contributed by atoms with Crippen LogP contribution in [0.1, 0.15) is 23.0 Å². The van der Waals surface area contributed by atoms with E-state index in [9.17, 15) is 24.5 Å². The molecule has 0 radical (unpaired) electrons. The second kappa shape index (κ2) is 8.95. The summed E-state index contributed by atoms with van der Waals surface area (Å²) in [6, 6.07) is 6.87. The van der Waals surface area contributed by atoms with Crippen LogP contribution >= 0.6 is 15.9 Å². The molecular weight excluding hydrogens is 438 g/mol. The lowest BCUT2D eigenvalue weighted by Gasteiger charge is -2.13. The van der Waals surface area contributed by atoms with Crippen LogP contribution in [0, 0.1) is 10.1 Å². The van der Waals surface area contributed by atoms with Crippen molar-refractivity contribution >= 4 is 45.5 Å². The third-order valence-corrected chi connectivity index (χ3v) is 3.85. The Morgan fingerprint density at radius 1 is 1.21 bits per heavy atom. The Kier molecular flexibility index (Phi) is 6.66. The fourth-order valence-electron chi connectivity index (χ4n) is 1.97.